The zero-order valence-electron chi connectivity index (χ0n) is 12.8. The van der Waals surface area contributed by atoms with Gasteiger partial charge in [-0.3, -0.25) is 4.99 Å². The Balaban J connectivity index is 1.77. The molecule has 24 heavy (non-hydrogen) atoms. The van der Waals surface area contributed by atoms with Crippen LogP contribution in [0.5, 0.6) is 0 Å². The van der Waals surface area contributed by atoms with Crippen LogP contribution in [0.15, 0.2) is 76.7 Å². The summed E-state index contributed by atoms with van der Waals surface area (Å²) in [6.45, 7) is 0. The first-order chi connectivity index (χ1) is 11.7. The lowest BCUT2D eigenvalue weighted by Crippen LogP contribution is -2.20. The number of nitrogens with zero attached hydrogens (tertiary/aromatic N) is 2. The summed E-state index contributed by atoms with van der Waals surface area (Å²) in [5, 5.41) is 9.60. The van der Waals surface area contributed by atoms with Crippen LogP contribution in [0.3, 0.4) is 0 Å². The van der Waals surface area contributed by atoms with Crippen LogP contribution >= 0.6 is 0 Å². The SMILES string of the molecule is O=C(O)C(=CC1N=CC=C2C1=Nc1ccccc12)c1ccccc1. The molecule has 0 radical (unpaired) electrons. The maximum absolute atomic E-state index is 11.7. The summed E-state index contributed by atoms with van der Waals surface area (Å²) < 4.78 is 0. The van der Waals surface area contributed by atoms with E-state index in [1.165, 1.54) is 0 Å². The highest BCUT2D eigenvalue weighted by molar-refractivity contribution is 6.35. The predicted molar refractivity (Wildman–Crippen MR) is 95.8 cm³/mol. The van der Waals surface area contributed by atoms with Crippen molar-refractivity contribution in [1.29, 1.82) is 0 Å². The predicted octanol–water partition coefficient (Wildman–Crippen LogP) is 3.78. The minimum absolute atomic E-state index is 0.234. The molecule has 2 aromatic carbocycles. The topological polar surface area (TPSA) is 62.0 Å². The fourth-order valence-corrected chi connectivity index (χ4v) is 3.00. The molecule has 1 unspecified atom stereocenters. The number of benzene rings is 2. The minimum atomic E-state index is -0.969. The third kappa shape index (κ3) is 2.38. The van der Waals surface area contributed by atoms with E-state index in [-0.39, 0.29) is 5.57 Å². The molecule has 2 aromatic rings. The molecular weight excluding hydrogens is 300 g/mol. The lowest BCUT2D eigenvalue weighted by molar-refractivity contribution is -0.130. The molecule has 2 aliphatic rings. The molecule has 0 aliphatic carbocycles. The first-order valence-corrected chi connectivity index (χ1v) is 7.66. The van der Waals surface area contributed by atoms with Crippen LogP contribution in [0, 0.1) is 0 Å². The number of hydrogen-bond acceptors (Lipinski definition) is 3. The van der Waals surface area contributed by atoms with Crippen molar-refractivity contribution in [1.82, 2.24) is 0 Å². The van der Waals surface area contributed by atoms with E-state index in [0.717, 1.165) is 22.5 Å². The lowest BCUT2D eigenvalue weighted by Gasteiger charge is -2.15. The molecule has 0 aromatic heterocycles. The van der Waals surface area contributed by atoms with E-state index in [9.17, 15) is 9.90 Å². The number of aliphatic imine (C=N–C) groups is 2. The summed E-state index contributed by atoms with van der Waals surface area (Å²) in [4.78, 5) is 20.8. The monoisotopic (exact) mass is 314 g/mol. The smallest absolute Gasteiger partial charge is 0.336 e. The second-order valence-electron chi connectivity index (χ2n) is 5.59. The van der Waals surface area contributed by atoms with Gasteiger partial charge in [0, 0.05) is 17.4 Å². The number of fused-ring (bicyclic) bond motifs is 3. The highest BCUT2D eigenvalue weighted by Crippen LogP contribution is 2.37. The molecule has 116 valence electrons. The first-order valence-electron chi connectivity index (χ1n) is 7.66. The summed E-state index contributed by atoms with van der Waals surface area (Å²) >= 11 is 0. The van der Waals surface area contributed by atoms with Gasteiger partial charge < -0.3 is 5.11 Å². The molecule has 0 spiro atoms. The first kappa shape index (κ1) is 14.3. The van der Waals surface area contributed by atoms with Crippen LogP contribution in [0.1, 0.15) is 11.1 Å². The van der Waals surface area contributed by atoms with Crippen molar-refractivity contribution in [2.75, 3.05) is 0 Å². The Kier molecular flexibility index (Phi) is 3.43. The molecule has 1 atom stereocenters. The van der Waals surface area contributed by atoms with Crippen LogP contribution in [0.2, 0.25) is 0 Å². The Hall–Kier alpha value is -3.27. The molecule has 0 saturated carbocycles. The van der Waals surface area contributed by atoms with Gasteiger partial charge in [0.05, 0.1) is 17.0 Å². The zero-order valence-corrected chi connectivity index (χ0v) is 12.8. The van der Waals surface area contributed by atoms with Gasteiger partial charge >= 0.3 is 5.97 Å². The Morgan fingerprint density at radius 2 is 1.79 bits per heavy atom. The summed E-state index contributed by atoms with van der Waals surface area (Å²) in [6, 6.07) is 16.6. The Bertz CT molecular complexity index is 937. The number of allylic oxidation sites excluding steroid dienone is 1. The highest BCUT2D eigenvalue weighted by atomic mass is 16.4. The van der Waals surface area contributed by atoms with Crippen molar-refractivity contribution in [2.45, 2.75) is 6.04 Å². The Morgan fingerprint density at radius 3 is 2.58 bits per heavy atom. The van der Waals surface area contributed by atoms with Crippen molar-refractivity contribution < 1.29 is 9.90 Å². The minimum Gasteiger partial charge on any atom is -0.478 e. The molecule has 4 nitrogen and oxygen atoms in total. The van der Waals surface area contributed by atoms with E-state index >= 15 is 0 Å². The highest BCUT2D eigenvalue weighted by Gasteiger charge is 2.28. The molecular formula is C20H14N2O2. The van der Waals surface area contributed by atoms with Gasteiger partial charge in [-0.25, -0.2) is 9.79 Å². The van der Waals surface area contributed by atoms with Gasteiger partial charge in [-0.05, 0) is 23.8 Å². The van der Waals surface area contributed by atoms with Crippen LogP contribution in [-0.2, 0) is 4.79 Å². The maximum Gasteiger partial charge on any atom is 0.336 e. The molecule has 1 N–H and O–H groups in total. The van der Waals surface area contributed by atoms with Crippen LogP contribution < -0.4 is 0 Å². The zero-order chi connectivity index (χ0) is 16.5. The normalized spacial score (nSPS) is 18.5. The second kappa shape index (κ2) is 5.74. The van der Waals surface area contributed by atoms with Crippen molar-refractivity contribution in [3.05, 3.63) is 77.9 Å². The number of dihydropyridines is 1. The van der Waals surface area contributed by atoms with Gasteiger partial charge in [0.1, 0.15) is 6.04 Å². The van der Waals surface area contributed by atoms with E-state index in [1.807, 2.05) is 48.5 Å². The van der Waals surface area contributed by atoms with Crippen molar-refractivity contribution in [3.8, 4) is 0 Å². The quantitative estimate of drug-likeness (QED) is 0.876. The van der Waals surface area contributed by atoms with Crippen LogP contribution in [0.25, 0.3) is 11.1 Å². The van der Waals surface area contributed by atoms with Crippen molar-refractivity contribution >= 4 is 34.7 Å². The van der Waals surface area contributed by atoms with E-state index in [2.05, 4.69) is 9.98 Å². The standard InChI is InChI=1S/C20H14N2O2/c23-20(24)16(13-6-2-1-3-7-13)12-18-19-15(10-11-21-18)14-8-4-5-9-17(14)22-19/h1-12,18H,(H,23,24). The van der Waals surface area contributed by atoms with E-state index < -0.39 is 12.0 Å². The average Bonchev–Trinajstić information content (AvgIpc) is 2.99. The summed E-state index contributed by atoms with van der Waals surface area (Å²) in [7, 11) is 0. The number of carboxylic acid groups (broad SMARTS) is 1. The molecule has 4 heteroatoms. The molecule has 0 saturated heterocycles. The third-order valence-electron chi connectivity index (χ3n) is 4.12. The largest absolute Gasteiger partial charge is 0.478 e. The lowest BCUT2D eigenvalue weighted by atomic mass is 9.94. The maximum atomic E-state index is 11.7. The molecule has 4 rings (SSSR count). The van der Waals surface area contributed by atoms with Gasteiger partial charge in [0.15, 0.2) is 0 Å². The van der Waals surface area contributed by atoms with Gasteiger partial charge in [-0.15, -0.1) is 0 Å². The fourth-order valence-electron chi connectivity index (χ4n) is 3.00. The Morgan fingerprint density at radius 1 is 1.04 bits per heavy atom. The van der Waals surface area contributed by atoms with Crippen LogP contribution in [-0.4, -0.2) is 29.0 Å². The number of rotatable bonds is 3. The third-order valence-corrected chi connectivity index (χ3v) is 4.12. The number of carboxylic acids is 1. The number of hydrogen-bond donors (Lipinski definition) is 1. The summed E-state index contributed by atoms with van der Waals surface area (Å²) in [5.41, 5.74) is 4.67. The van der Waals surface area contributed by atoms with Gasteiger partial charge in [-0.2, -0.15) is 0 Å². The number of aliphatic carboxylic acids is 1. The fraction of sp³-hybridized carbons (Fsp3) is 0.0500. The summed E-state index contributed by atoms with van der Waals surface area (Å²) in [5.74, 6) is -0.969. The summed E-state index contributed by atoms with van der Waals surface area (Å²) in [6.07, 6.45) is 5.33. The van der Waals surface area contributed by atoms with Gasteiger partial charge in [0.2, 0.25) is 0 Å². The van der Waals surface area contributed by atoms with Crippen molar-refractivity contribution in [3.63, 3.8) is 0 Å². The molecule has 2 aliphatic heterocycles. The van der Waals surface area contributed by atoms with E-state index in [4.69, 9.17) is 0 Å². The Labute approximate surface area is 139 Å². The molecule has 2 heterocycles. The number of carbonyl (C=O) groups is 1. The van der Waals surface area contributed by atoms with Gasteiger partial charge in [0.25, 0.3) is 0 Å². The van der Waals surface area contributed by atoms with E-state index in [1.54, 1.807) is 24.4 Å². The van der Waals surface area contributed by atoms with Crippen molar-refractivity contribution in [2.24, 2.45) is 9.98 Å². The molecule has 0 fully saturated rings. The molecule has 0 amide bonds. The number of para-hydroxylation sites is 1. The van der Waals surface area contributed by atoms with E-state index in [0.29, 0.717) is 5.56 Å². The second-order valence-corrected chi connectivity index (χ2v) is 5.59. The van der Waals surface area contributed by atoms with Crippen LogP contribution in [0.4, 0.5) is 5.69 Å². The molecule has 0 bridgehead atoms. The average molecular weight is 314 g/mol. The van der Waals surface area contributed by atoms with Gasteiger partial charge in [-0.1, -0.05) is 48.5 Å².